The number of esters is 1. The number of cyclic esters (lactones) is 1. The first-order valence-electron chi connectivity index (χ1n) is 23.0. The van der Waals surface area contributed by atoms with Crippen LogP contribution in [0.3, 0.4) is 0 Å². The summed E-state index contributed by atoms with van der Waals surface area (Å²) in [5.74, 6) is -4.92. The van der Waals surface area contributed by atoms with Crippen LogP contribution in [-0.4, -0.2) is 124 Å². The van der Waals surface area contributed by atoms with Crippen molar-refractivity contribution in [3.05, 3.63) is 47.6 Å². The number of hydrogen-bond donors (Lipinski definition) is 4. The number of allylic oxidation sites excluding steroid dienone is 6. The molecule has 3 aliphatic heterocycles. The van der Waals surface area contributed by atoms with Gasteiger partial charge in [0.2, 0.25) is 5.91 Å². The highest BCUT2D eigenvalue weighted by molar-refractivity contribution is 5.87. The largest absolute Gasteiger partial charge is 0.460 e. The number of rotatable bonds is 5. The number of ketones is 2. The van der Waals surface area contributed by atoms with Crippen molar-refractivity contribution < 1.29 is 58.6 Å². The van der Waals surface area contributed by atoms with Crippen molar-refractivity contribution in [3.63, 3.8) is 0 Å². The van der Waals surface area contributed by atoms with Gasteiger partial charge in [-0.15, -0.1) is 0 Å². The van der Waals surface area contributed by atoms with Crippen molar-refractivity contribution in [2.75, 3.05) is 20.8 Å². The second kappa shape index (κ2) is 23.8. The van der Waals surface area contributed by atoms with Crippen molar-refractivity contribution in [1.82, 2.24) is 4.90 Å². The minimum atomic E-state index is -1.80. The fourth-order valence-corrected chi connectivity index (χ4v) is 9.78. The van der Waals surface area contributed by atoms with Gasteiger partial charge in [-0.2, -0.15) is 0 Å². The molecule has 350 valence electrons. The van der Waals surface area contributed by atoms with E-state index in [9.17, 15) is 39.6 Å². The molecule has 0 aromatic rings. The van der Waals surface area contributed by atoms with Gasteiger partial charge in [0, 0.05) is 51.4 Å². The monoisotopic (exact) mass is 872 g/mol. The highest BCUT2D eigenvalue weighted by Crippen LogP contribution is 2.38. The number of amides is 1. The molecule has 1 amide bonds. The molecule has 0 aromatic carbocycles. The second-order valence-corrected chi connectivity index (χ2v) is 19.1. The summed E-state index contributed by atoms with van der Waals surface area (Å²) < 4.78 is 23.6. The molecule has 4 N–H and O–H groups in total. The lowest BCUT2D eigenvalue weighted by atomic mass is 9.78. The first-order valence-corrected chi connectivity index (χ1v) is 23.0. The van der Waals surface area contributed by atoms with Gasteiger partial charge in [-0.3, -0.25) is 14.4 Å². The summed E-state index contributed by atoms with van der Waals surface area (Å²) in [7, 11) is 2.96. The van der Waals surface area contributed by atoms with E-state index in [-0.39, 0.29) is 60.6 Å². The highest BCUT2D eigenvalue weighted by Gasteiger charge is 2.47. The van der Waals surface area contributed by atoms with Crippen LogP contribution in [-0.2, 0) is 38.1 Å². The van der Waals surface area contributed by atoms with Gasteiger partial charge in [-0.25, -0.2) is 4.79 Å². The predicted octanol–water partition coefficient (Wildman–Crippen LogP) is 5.96. The Bertz CT molecular complexity index is 1640. The fraction of sp³-hybridized carbons (Fsp3) is 0.755. The first kappa shape index (κ1) is 51.6. The summed E-state index contributed by atoms with van der Waals surface area (Å²) in [5.41, 5.74) is 1.12. The SMILES string of the molecule is CO[C@H]1CC(C[C@@H](C)[C@@H]2CC(=O)[C@H](C)/C=C(\C)[C@@H](O)[C@@H](OC)C(=O)[C@H](C)C[C@H](C)/C=C/C=C/C=C(\C)[C@@H](O)C[C@@H]3CC[C@@H](C)[C@](O)(CC(=O)N4CCC[C@H]4C(=O)O2)O3)CC[C@@H]1O. The number of aliphatic hydroxyl groups excluding tert-OH is 3. The lowest BCUT2D eigenvalue weighted by molar-refractivity contribution is -0.283. The fourth-order valence-electron chi connectivity index (χ4n) is 9.78. The summed E-state index contributed by atoms with van der Waals surface area (Å²) in [4.78, 5) is 57.3. The van der Waals surface area contributed by atoms with E-state index in [1.165, 1.54) is 12.0 Å². The van der Waals surface area contributed by atoms with Crippen LogP contribution in [0.5, 0.6) is 0 Å². The molecule has 13 heteroatoms. The number of hydrogen-bond acceptors (Lipinski definition) is 12. The van der Waals surface area contributed by atoms with Gasteiger partial charge in [-0.1, -0.05) is 71.1 Å². The van der Waals surface area contributed by atoms with Crippen LogP contribution in [0.15, 0.2) is 47.6 Å². The smallest absolute Gasteiger partial charge is 0.329 e. The second-order valence-electron chi connectivity index (χ2n) is 19.1. The molecule has 0 radical (unpaired) electrons. The standard InChI is InChI=1S/C49H77NO12/c1-29-14-11-10-12-15-30(2)40(52)26-37-19-17-35(7)49(58,62-37)28-44(54)50-21-13-16-38(50)48(57)61-42(32(4)24-36-18-20-39(51)43(25-36)59-8)27-41(53)31(3)23-34(6)46(56)47(60-9)45(55)33(5)22-29/h10-12,14-15,23,29,31-33,35-40,42-43,46-47,51-52,56,58H,13,16-22,24-28H2,1-9H3/b12-10+,14-11+,30-15+,34-23+/t29-,31-,32-,33-,35-,36?,37+,38+,39+,40+,42+,43+,46-,47+,49+/m1/s1. The van der Waals surface area contributed by atoms with Crippen molar-refractivity contribution in [1.29, 1.82) is 0 Å². The summed E-state index contributed by atoms with van der Waals surface area (Å²) in [6, 6.07) is -0.912. The molecule has 62 heavy (non-hydrogen) atoms. The van der Waals surface area contributed by atoms with E-state index in [0.717, 1.165) is 6.42 Å². The molecular weight excluding hydrogens is 795 g/mol. The molecule has 3 heterocycles. The van der Waals surface area contributed by atoms with Crippen LogP contribution in [0.4, 0.5) is 0 Å². The van der Waals surface area contributed by atoms with Gasteiger partial charge in [0.05, 0.1) is 30.8 Å². The zero-order chi connectivity index (χ0) is 45.9. The minimum Gasteiger partial charge on any atom is -0.460 e. The number of carbonyl (C=O) groups excluding carboxylic acids is 4. The summed E-state index contributed by atoms with van der Waals surface area (Å²) >= 11 is 0. The Morgan fingerprint density at radius 1 is 0.887 bits per heavy atom. The molecule has 13 nitrogen and oxygen atoms in total. The van der Waals surface area contributed by atoms with Crippen LogP contribution < -0.4 is 0 Å². The summed E-state index contributed by atoms with van der Waals surface area (Å²) in [6.45, 7) is 13.1. The third-order valence-electron chi connectivity index (χ3n) is 14.0. The topological polar surface area (TPSA) is 189 Å². The average molecular weight is 872 g/mol. The van der Waals surface area contributed by atoms with Gasteiger partial charge in [0.1, 0.15) is 30.1 Å². The van der Waals surface area contributed by atoms with E-state index >= 15 is 0 Å². The van der Waals surface area contributed by atoms with Crippen molar-refractivity contribution in [2.24, 2.45) is 35.5 Å². The van der Waals surface area contributed by atoms with Crippen LogP contribution in [0.25, 0.3) is 0 Å². The van der Waals surface area contributed by atoms with E-state index in [2.05, 4.69) is 0 Å². The van der Waals surface area contributed by atoms with Crippen molar-refractivity contribution in [3.8, 4) is 0 Å². The van der Waals surface area contributed by atoms with E-state index in [1.807, 2.05) is 65.0 Å². The van der Waals surface area contributed by atoms with Crippen molar-refractivity contribution in [2.45, 2.75) is 180 Å². The Kier molecular flexibility index (Phi) is 19.8. The summed E-state index contributed by atoms with van der Waals surface area (Å²) in [5, 5.41) is 44.7. The maximum Gasteiger partial charge on any atom is 0.329 e. The minimum absolute atomic E-state index is 0.0256. The highest BCUT2D eigenvalue weighted by atomic mass is 16.6. The molecule has 1 saturated carbocycles. The zero-order valence-corrected chi connectivity index (χ0v) is 38.7. The van der Waals surface area contributed by atoms with E-state index < -0.39 is 72.2 Å². The van der Waals surface area contributed by atoms with Gasteiger partial charge in [0.15, 0.2) is 11.6 Å². The van der Waals surface area contributed by atoms with Crippen LogP contribution in [0.2, 0.25) is 0 Å². The Morgan fingerprint density at radius 2 is 1.61 bits per heavy atom. The Labute approximate surface area is 370 Å². The number of Topliss-reactive ketones (excluding diaryl/α,β-unsaturated/α-hetero) is 2. The van der Waals surface area contributed by atoms with E-state index in [4.69, 9.17) is 18.9 Å². The number of methoxy groups -OCH3 is 2. The van der Waals surface area contributed by atoms with Gasteiger partial charge in [0.25, 0.3) is 0 Å². The Morgan fingerprint density at radius 3 is 2.31 bits per heavy atom. The Balaban J connectivity index is 1.64. The molecule has 4 rings (SSSR count). The first-order chi connectivity index (χ1) is 29.3. The number of aliphatic hydroxyl groups is 4. The van der Waals surface area contributed by atoms with Crippen LogP contribution >= 0.6 is 0 Å². The van der Waals surface area contributed by atoms with Gasteiger partial charge < -0.3 is 44.3 Å². The maximum atomic E-state index is 14.2. The molecule has 1 unspecified atom stereocenters. The van der Waals surface area contributed by atoms with Crippen LogP contribution in [0.1, 0.15) is 126 Å². The lowest BCUT2D eigenvalue weighted by Gasteiger charge is -2.43. The molecule has 15 atom stereocenters. The Hall–Kier alpha value is -3.04. The molecule has 3 fully saturated rings. The molecule has 0 spiro atoms. The van der Waals surface area contributed by atoms with Gasteiger partial charge >= 0.3 is 5.97 Å². The zero-order valence-electron chi connectivity index (χ0n) is 38.7. The van der Waals surface area contributed by atoms with Crippen LogP contribution in [0, 0.1) is 35.5 Å². The molecular formula is C49H77NO12. The third-order valence-corrected chi connectivity index (χ3v) is 14.0. The van der Waals surface area contributed by atoms with Gasteiger partial charge in [-0.05, 0) is 101 Å². The molecule has 2 saturated heterocycles. The molecule has 0 aromatic heterocycles. The number of nitrogens with zero attached hydrogens (tertiary/aromatic N) is 1. The normalized spacial score (nSPS) is 41.6. The van der Waals surface area contributed by atoms with E-state index in [0.29, 0.717) is 69.1 Å². The quantitative estimate of drug-likeness (QED) is 0.188. The molecule has 1 aliphatic carbocycles. The maximum absolute atomic E-state index is 14.2. The number of fused-ring (bicyclic) bond motifs is 3. The lowest BCUT2D eigenvalue weighted by Crippen LogP contribution is -2.52. The number of carbonyl (C=O) groups is 4. The molecule has 2 bridgehead atoms. The predicted molar refractivity (Wildman–Crippen MR) is 235 cm³/mol. The van der Waals surface area contributed by atoms with Crippen molar-refractivity contribution >= 4 is 23.4 Å². The van der Waals surface area contributed by atoms with E-state index in [1.54, 1.807) is 27.0 Å². The average Bonchev–Trinajstić information content (AvgIpc) is 3.73. The summed E-state index contributed by atoms with van der Waals surface area (Å²) in [6.07, 6.45) is 10.4. The molecule has 4 aliphatic rings. The number of ether oxygens (including phenoxy) is 4. The third kappa shape index (κ3) is 14.0.